The number of para-hydroxylation sites is 2. The smallest absolute Gasteiger partial charge is 0.260 e. The van der Waals surface area contributed by atoms with Gasteiger partial charge in [0.1, 0.15) is 6.54 Å². The highest BCUT2D eigenvalue weighted by atomic mass is 35.5. The van der Waals surface area contributed by atoms with Crippen LogP contribution in [-0.4, -0.2) is 21.3 Å². The number of hydrogen-bond acceptors (Lipinski definition) is 3. The van der Waals surface area contributed by atoms with Gasteiger partial charge in [-0.3, -0.25) is 9.59 Å². The van der Waals surface area contributed by atoms with Crippen molar-refractivity contribution < 1.29 is 4.79 Å². The molecule has 1 amide bonds. The van der Waals surface area contributed by atoms with Gasteiger partial charge in [-0.15, -0.1) is 0 Å². The van der Waals surface area contributed by atoms with Crippen LogP contribution in [0.2, 0.25) is 5.02 Å². The normalized spacial score (nSPS) is 11.5. The Balaban J connectivity index is 1.40. The zero-order chi connectivity index (χ0) is 24.5. The lowest BCUT2D eigenvalue weighted by atomic mass is 10.1. The first kappa shape index (κ1) is 22.6. The molecule has 6 nitrogen and oxygen atoms in total. The standard InChI is InChI=1S/C28H23ClN4O2/c1-18-15-20(19(2)33(18)22-13-11-21(29)12-14-22)16-30-31-27(34)17-32-25-9-5-3-7-23(25)28(35)24-8-4-6-10-26(24)32/h3-16H,17H2,1-2H3,(H,31,34)/b30-16+. The van der Waals surface area contributed by atoms with Crippen molar-refractivity contribution in [1.29, 1.82) is 0 Å². The van der Waals surface area contributed by atoms with Gasteiger partial charge in [0.05, 0.1) is 17.2 Å². The number of nitrogens with one attached hydrogen (secondary N) is 1. The summed E-state index contributed by atoms with van der Waals surface area (Å²) in [5.41, 5.74) is 7.96. The highest BCUT2D eigenvalue weighted by Gasteiger charge is 2.13. The minimum Gasteiger partial charge on any atom is -0.331 e. The summed E-state index contributed by atoms with van der Waals surface area (Å²) in [6.45, 7) is 4.05. The molecule has 5 aromatic rings. The van der Waals surface area contributed by atoms with Crippen molar-refractivity contribution >= 4 is 45.5 Å². The quantitative estimate of drug-likeness (QED) is 0.208. The van der Waals surface area contributed by atoms with Crippen molar-refractivity contribution in [3.8, 4) is 5.69 Å². The lowest BCUT2D eigenvalue weighted by Gasteiger charge is -2.14. The number of carbonyl (C=O) groups excluding carboxylic acids is 1. The highest BCUT2D eigenvalue weighted by Crippen LogP contribution is 2.22. The molecule has 35 heavy (non-hydrogen) atoms. The number of hydrazone groups is 1. The summed E-state index contributed by atoms with van der Waals surface area (Å²) in [5, 5.41) is 6.05. The molecule has 0 saturated carbocycles. The molecule has 0 saturated heterocycles. The van der Waals surface area contributed by atoms with Crippen LogP contribution >= 0.6 is 11.6 Å². The summed E-state index contributed by atoms with van der Waals surface area (Å²) in [7, 11) is 0. The van der Waals surface area contributed by atoms with Crippen LogP contribution in [0.3, 0.4) is 0 Å². The van der Waals surface area contributed by atoms with Crippen LogP contribution in [0.25, 0.3) is 27.5 Å². The van der Waals surface area contributed by atoms with Gasteiger partial charge in [-0.1, -0.05) is 35.9 Å². The molecule has 1 N–H and O–H groups in total. The van der Waals surface area contributed by atoms with Crippen molar-refractivity contribution in [2.24, 2.45) is 5.10 Å². The molecule has 0 aliphatic rings. The Bertz CT molecular complexity index is 1600. The Morgan fingerprint density at radius 3 is 2.17 bits per heavy atom. The molecule has 0 aliphatic carbocycles. The van der Waals surface area contributed by atoms with Gasteiger partial charge < -0.3 is 9.13 Å². The van der Waals surface area contributed by atoms with Gasteiger partial charge >= 0.3 is 0 Å². The zero-order valence-corrected chi connectivity index (χ0v) is 20.1. The summed E-state index contributed by atoms with van der Waals surface area (Å²) in [5.74, 6) is -0.285. The van der Waals surface area contributed by atoms with E-state index in [4.69, 9.17) is 11.6 Å². The molecule has 0 radical (unpaired) electrons. The Morgan fingerprint density at radius 1 is 0.943 bits per heavy atom. The molecule has 5 rings (SSSR count). The Morgan fingerprint density at radius 2 is 1.54 bits per heavy atom. The first-order valence-electron chi connectivity index (χ1n) is 11.2. The molecule has 174 valence electrons. The number of nitrogens with zero attached hydrogens (tertiary/aromatic N) is 3. The second-order valence-corrected chi connectivity index (χ2v) is 8.82. The number of amides is 1. The second kappa shape index (κ2) is 9.24. The van der Waals surface area contributed by atoms with Crippen LogP contribution in [0.1, 0.15) is 17.0 Å². The molecule has 3 aromatic carbocycles. The number of aryl methyl sites for hydroxylation is 1. The summed E-state index contributed by atoms with van der Waals surface area (Å²) < 4.78 is 3.96. The van der Waals surface area contributed by atoms with Gasteiger partial charge in [0.15, 0.2) is 5.43 Å². The van der Waals surface area contributed by atoms with E-state index in [0.717, 1.165) is 22.6 Å². The van der Waals surface area contributed by atoms with E-state index in [1.807, 2.05) is 85.1 Å². The molecular formula is C28H23ClN4O2. The van der Waals surface area contributed by atoms with E-state index in [0.29, 0.717) is 26.8 Å². The Labute approximate surface area is 207 Å². The van der Waals surface area contributed by atoms with E-state index < -0.39 is 0 Å². The third-order valence-electron chi connectivity index (χ3n) is 6.13. The maximum absolute atomic E-state index is 12.9. The molecule has 0 bridgehead atoms. The lowest BCUT2D eigenvalue weighted by Crippen LogP contribution is -2.25. The predicted octanol–water partition coefficient (Wildman–Crippen LogP) is 5.37. The van der Waals surface area contributed by atoms with Gasteiger partial charge in [0.2, 0.25) is 0 Å². The predicted molar refractivity (Wildman–Crippen MR) is 142 cm³/mol. The van der Waals surface area contributed by atoms with E-state index in [-0.39, 0.29) is 17.9 Å². The Hall–Kier alpha value is -4.16. The average Bonchev–Trinajstić information content (AvgIpc) is 3.15. The first-order valence-corrected chi connectivity index (χ1v) is 11.6. The van der Waals surface area contributed by atoms with E-state index in [1.54, 1.807) is 18.3 Å². The monoisotopic (exact) mass is 482 g/mol. The fourth-order valence-electron chi connectivity index (χ4n) is 4.51. The first-order chi connectivity index (χ1) is 16.9. The molecule has 0 atom stereocenters. The number of aromatic nitrogens is 2. The van der Waals surface area contributed by atoms with Crippen molar-refractivity contribution in [2.75, 3.05) is 0 Å². The van der Waals surface area contributed by atoms with E-state index >= 15 is 0 Å². The van der Waals surface area contributed by atoms with Crippen molar-refractivity contribution in [3.05, 3.63) is 111 Å². The minimum absolute atomic E-state index is 0.0302. The zero-order valence-electron chi connectivity index (χ0n) is 19.3. The third-order valence-corrected chi connectivity index (χ3v) is 6.38. The minimum atomic E-state index is -0.285. The fraction of sp³-hybridized carbons (Fsp3) is 0.107. The number of rotatable bonds is 5. The number of pyridine rings is 1. The number of fused-ring (bicyclic) bond motifs is 2. The van der Waals surface area contributed by atoms with E-state index in [2.05, 4.69) is 15.1 Å². The molecule has 0 aliphatic heterocycles. The number of hydrogen-bond donors (Lipinski definition) is 1. The Kier molecular flexibility index (Phi) is 5.97. The van der Waals surface area contributed by atoms with E-state index in [1.165, 1.54) is 0 Å². The summed E-state index contributed by atoms with van der Waals surface area (Å²) in [4.78, 5) is 25.7. The van der Waals surface area contributed by atoms with Crippen LogP contribution < -0.4 is 10.9 Å². The number of carbonyl (C=O) groups is 1. The maximum atomic E-state index is 12.9. The van der Waals surface area contributed by atoms with Crippen LogP contribution in [-0.2, 0) is 11.3 Å². The molecule has 7 heteroatoms. The number of benzene rings is 3. The molecule has 0 fully saturated rings. The molecule has 0 spiro atoms. The average molecular weight is 483 g/mol. The fourth-order valence-corrected chi connectivity index (χ4v) is 4.63. The molecular weight excluding hydrogens is 460 g/mol. The van der Waals surface area contributed by atoms with E-state index in [9.17, 15) is 9.59 Å². The molecule has 0 unspecified atom stereocenters. The van der Waals surface area contributed by atoms with Gasteiger partial charge in [-0.05, 0) is 68.4 Å². The van der Waals surface area contributed by atoms with Crippen LogP contribution in [0.15, 0.2) is 88.8 Å². The molecule has 2 heterocycles. The summed E-state index contributed by atoms with van der Waals surface area (Å²) in [6.07, 6.45) is 1.65. The highest BCUT2D eigenvalue weighted by molar-refractivity contribution is 6.30. The topological polar surface area (TPSA) is 68.4 Å². The number of halogens is 1. The van der Waals surface area contributed by atoms with Gasteiger partial charge in [-0.25, -0.2) is 5.43 Å². The third kappa shape index (κ3) is 4.24. The van der Waals surface area contributed by atoms with Gasteiger partial charge in [0.25, 0.3) is 5.91 Å². The van der Waals surface area contributed by atoms with Crippen molar-refractivity contribution in [2.45, 2.75) is 20.4 Å². The largest absolute Gasteiger partial charge is 0.331 e. The van der Waals surface area contributed by atoms with Crippen LogP contribution in [0.5, 0.6) is 0 Å². The van der Waals surface area contributed by atoms with Gasteiger partial charge in [0, 0.05) is 38.4 Å². The van der Waals surface area contributed by atoms with Crippen LogP contribution in [0, 0.1) is 13.8 Å². The summed E-state index contributed by atoms with van der Waals surface area (Å²) >= 11 is 6.02. The van der Waals surface area contributed by atoms with Gasteiger partial charge in [-0.2, -0.15) is 5.10 Å². The lowest BCUT2D eigenvalue weighted by molar-refractivity contribution is -0.121. The summed E-state index contributed by atoms with van der Waals surface area (Å²) in [6, 6.07) is 24.3. The second-order valence-electron chi connectivity index (χ2n) is 8.38. The van der Waals surface area contributed by atoms with Crippen molar-refractivity contribution in [3.63, 3.8) is 0 Å². The molecule has 2 aromatic heterocycles. The van der Waals surface area contributed by atoms with Crippen LogP contribution in [0.4, 0.5) is 0 Å². The SMILES string of the molecule is Cc1cc(/C=N/NC(=O)Cn2c3ccccc3c(=O)c3ccccc32)c(C)n1-c1ccc(Cl)cc1. The maximum Gasteiger partial charge on any atom is 0.260 e. The van der Waals surface area contributed by atoms with Crippen molar-refractivity contribution in [1.82, 2.24) is 14.6 Å².